The van der Waals surface area contributed by atoms with E-state index in [1.54, 1.807) is 0 Å². The van der Waals surface area contributed by atoms with Crippen LogP contribution in [-0.4, -0.2) is 39.3 Å². The van der Waals surface area contributed by atoms with Crippen LogP contribution < -0.4 is 4.72 Å². The Morgan fingerprint density at radius 1 is 1.15 bits per heavy atom. The molecule has 1 fully saturated rings. The maximum absolute atomic E-state index is 11.4. The second-order valence-electron chi connectivity index (χ2n) is 6.86. The number of hydrogen-bond donors (Lipinski definition) is 1. The Labute approximate surface area is 156 Å². The fourth-order valence-electron chi connectivity index (χ4n) is 3.27. The zero-order valence-corrected chi connectivity index (χ0v) is 16.1. The average Bonchev–Trinajstić information content (AvgIpc) is 2.62. The number of benzene rings is 2. The lowest BCUT2D eigenvalue weighted by molar-refractivity contribution is -0.0329. The lowest BCUT2D eigenvalue weighted by atomic mass is 10.1. The first-order valence-electron chi connectivity index (χ1n) is 8.86. The van der Waals surface area contributed by atoms with Crippen LogP contribution in [-0.2, 0) is 21.3 Å². The van der Waals surface area contributed by atoms with E-state index in [9.17, 15) is 8.42 Å². The fraction of sp³-hybridized carbons (Fsp3) is 0.400. The molecule has 0 radical (unpaired) electrons. The first-order chi connectivity index (χ1) is 12.4. The summed E-state index contributed by atoms with van der Waals surface area (Å²) in [6.07, 6.45) is 1.29. The Balaban J connectivity index is 1.60. The van der Waals surface area contributed by atoms with Crippen molar-refractivity contribution in [1.82, 2.24) is 9.62 Å². The Morgan fingerprint density at radius 3 is 2.50 bits per heavy atom. The lowest BCUT2D eigenvalue weighted by Gasteiger charge is -2.33. The number of morpholine rings is 1. The summed E-state index contributed by atoms with van der Waals surface area (Å²) >= 11 is 0. The molecular weight excluding hydrogens is 348 g/mol. The van der Waals surface area contributed by atoms with Gasteiger partial charge in [-0.1, -0.05) is 54.6 Å². The first-order valence-corrected chi connectivity index (χ1v) is 10.7. The van der Waals surface area contributed by atoms with Crippen molar-refractivity contribution in [2.45, 2.75) is 25.6 Å². The van der Waals surface area contributed by atoms with Crippen molar-refractivity contribution in [3.63, 3.8) is 0 Å². The number of hydrogen-bond acceptors (Lipinski definition) is 4. The van der Waals surface area contributed by atoms with Crippen LogP contribution in [0.5, 0.6) is 0 Å². The predicted molar refractivity (Wildman–Crippen MR) is 103 cm³/mol. The highest BCUT2D eigenvalue weighted by Crippen LogP contribution is 2.23. The monoisotopic (exact) mass is 374 g/mol. The van der Waals surface area contributed by atoms with Crippen molar-refractivity contribution in [2.24, 2.45) is 0 Å². The van der Waals surface area contributed by atoms with Crippen molar-refractivity contribution >= 4 is 10.0 Å². The lowest BCUT2D eigenvalue weighted by Crippen LogP contribution is -2.37. The standard InChI is InChI=1S/C20H26N2O3S/c1-16(21-26(2,23)24)18-10-8-17(9-11-18)14-22-12-13-25-20(15-22)19-6-4-3-5-7-19/h3-11,16,20-21H,12-15H2,1-2H3/t16-,20?/m1/s1. The summed E-state index contributed by atoms with van der Waals surface area (Å²) in [5, 5.41) is 0. The molecule has 2 aromatic carbocycles. The van der Waals surface area contributed by atoms with Crippen LogP contribution in [0.1, 0.15) is 35.8 Å². The van der Waals surface area contributed by atoms with Crippen LogP contribution >= 0.6 is 0 Å². The van der Waals surface area contributed by atoms with Gasteiger partial charge in [0.15, 0.2) is 0 Å². The van der Waals surface area contributed by atoms with E-state index < -0.39 is 10.0 Å². The fourth-order valence-corrected chi connectivity index (χ4v) is 4.05. The van der Waals surface area contributed by atoms with Crippen molar-refractivity contribution in [1.29, 1.82) is 0 Å². The van der Waals surface area contributed by atoms with E-state index >= 15 is 0 Å². The Hall–Kier alpha value is -1.73. The van der Waals surface area contributed by atoms with Gasteiger partial charge < -0.3 is 4.74 Å². The maximum Gasteiger partial charge on any atom is 0.209 e. The normalized spacial score (nSPS) is 20.0. The summed E-state index contributed by atoms with van der Waals surface area (Å²) in [5.41, 5.74) is 3.39. The molecule has 140 valence electrons. The second-order valence-corrected chi connectivity index (χ2v) is 8.64. The molecule has 0 saturated carbocycles. The summed E-state index contributed by atoms with van der Waals surface area (Å²) in [4.78, 5) is 2.40. The second kappa shape index (κ2) is 8.31. The van der Waals surface area contributed by atoms with Crippen molar-refractivity contribution < 1.29 is 13.2 Å². The predicted octanol–water partition coefficient (Wildman–Crippen LogP) is 2.87. The van der Waals surface area contributed by atoms with Gasteiger partial charge in [0.25, 0.3) is 0 Å². The minimum atomic E-state index is -3.21. The van der Waals surface area contributed by atoms with Gasteiger partial charge in [-0.05, 0) is 23.6 Å². The minimum Gasteiger partial charge on any atom is -0.371 e. The summed E-state index contributed by atoms with van der Waals surface area (Å²) in [5.74, 6) is 0. The SMILES string of the molecule is C[C@@H](NS(C)(=O)=O)c1ccc(CN2CCOC(c3ccccc3)C2)cc1. The molecule has 26 heavy (non-hydrogen) atoms. The van der Waals surface area contributed by atoms with E-state index in [-0.39, 0.29) is 12.1 Å². The first kappa shape index (κ1) is 19.0. The van der Waals surface area contributed by atoms with Crippen LogP contribution in [0, 0.1) is 0 Å². The van der Waals surface area contributed by atoms with Gasteiger partial charge >= 0.3 is 0 Å². The Bertz CT molecular complexity index is 807. The summed E-state index contributed by atoms with van der Waals surface area (Å²) < 4.78 is 31.3. The molecule has 3 rings (SSSR count). The van der Waals surface area contributed by atoms with Crippen LogP contribution in [0.25, 0.3) is 0 Å². The van der Waals surface area contributed by atoms with E-state index in [0.717, 1.165) is 31.8 Å². The molecule has 1 aliphatic heterocycles. The highest BCUT2D eigenvalue weighted by molar-refractivity contribution is 7.88. The third-order valence-corrected chi connectivity index (χ3v) is 5.38. The van der Waals surface area contributed by atoms with Gasteiger partial charge in [0.1, 0.15) is 0 Å². The summed E-state index contributed by atoms with van der Waals surface area (Å²) in [6.45, 7) is 5.23. The van der Waals surface area contributed by atoms with Gasteiger partial charge in [-0.15, -0.1) is 0 Å². The zero-order valence-electron chi connectivity index (χ0n) is 15.3. The third-order valence-electron chi connectivity index (χ3n) is 4.60. The van der Waals surface area contributed by atoms with E-state index in [4.69, 9.17) is 4.74 Å². The quantitative estimate of drug-likeness (QED) is 0.845. The molecule has 1 unspecified atom stereocenters. The van der Waals surface area contributed by atoms with E-state index in [1.165, 1.54) is 17.4 Å². The number of ether oxygens (including phenoxy) is 1. The number of nitrogens with one attached hydrogen (secondary N) is 1. The zero-order chi connectivity index (χ0) is 18.6. The molecule has 0 aliphatic carbocycles. The van der Waals surface area contributed by atoms with Crippen LogP contribution in [0.3, 0.4) is 0 Å². The van der Waals surface area contributed by atoms with Gasteiger partial charge in [0, 0.05) is 25.7 Å². The molecule has 1 heterocycles. The van der Waals surface area contributed by atoms with Gasteiger partial charge in [-0.3, -0.25) is 4.90 Å². The van der Waals surface area contributed by atoms with Crippen LogP contribution in [0.4, 0.5) is 0 Å². The molecule has 0 spiro atoms. The molecule has 6 heteroatoms. The van der Waals surface area contributed by atoms with E-state index in [2.05, 4.69) is 33.9 Å². The largest absolute Gasteiger partial charge is 0.371 e. The number of sulfonamides is 1. The van der Waals surface area contributed by atoms with Gasteiger partial charge in [-0.2, -0.15) is 0 Å². The highest BCUT2D eigenvalue weighted by Gasteiger charge is 2.21. The van der Waals surface area contributed by atoms with Gasteiger partial charge in [-0.25, -0.2) is 13.1 Å². The molecule has 0 aromatic heterocycles. The van der Waals surface area contributed by atoms with Crippen LogP contribution in [0.15, 0.2) is 54.6 Å². The molecule has 5 nitrogen and oxygen atoms in total. The smallest absolute Gasteiger partial charge is 0.209 e. The number of nitrogens with zero attached hydrogens (tertiary/aromatic N) is 1. The van der Waals surface area contributed by atoms with Crippen molar-refractivity contribution in [3.8, 4) is 0 Å². The third kappa shape index (κ3) is 5.38. The molecule has 0 amide bonds. The molecule has 1 saturated heterocycles. The average molecular weight is 375 g/mol. The van der Waals surface area contributed by atoms with Crippen molar-refractivity contribution in [2.75, 3.05) is 26.0 Å². The van der Waals surface area contributed by atoms with Crippen LogP contribution in [0.2, 0.25) is 0 Å². The topological polar surface area (TPSA) is 58.6 Å². The van der Waals surface area contributed by atoms with E-state index in [1.807, 2.05) is 37.3 Å². The van der Waals surface area contributed by atoms with Gasteiger partial charge in [0.05, 0.1) is 19.0 Å². The Morgan fingerprint density at radius 2 is 1.85 bits per heavy atom. The minimum absolute atomic E-state index is 0.114. The van der Waals surface area contributed by atoms with E-state index in [0.29, 0.717) is 0 Å². The molecule has 1 aliphatic rings. The Kier molecular flexibility index (Phi) is 6.09. The molecule has 0 bridgehead atoms. The van der Waals surface area contributed by atoms with Crippen molar-refractivity contribution in [3.05, 3.63) is 71.3 Å². The highest BCUT2D eigenvalue weighted by atomic mass is 32.2. The summed E-state index contributed by atoms with van der Waals surface area (Å²) in [7, 11) is -3.21. The maximum atomic E-state index is 11.4. The molecule has 2 atom stereocenters. The van der Waals surface area contributed by atoms with Gasteiger partial charge in [0.2, 0.25) is 10.0 Å². The number of rotatable bonds is 6. The summed E-state index contributed by atoms with van der Waals surface area (Å²) in [6, 6.07) is 18.2. The molecule has 2 aromatic rings. The molecule has 1 N–H and O–H groups in total. The molecular formula is C20H26N2O3S.